The van der Waals surface area contributed by atoms with E-state index in [0.29, 0.717) is 11.1 Å². The lowest BCUT2D eigenvalue weighted by molar-refractivity contribution is 0.0556. The van der Waals surface area contributed by atoms with Crippen LogP contribution in [0.25, 0.3) is 21.9 Å². The minimum atomic E-state index is -0.575. The number of carbonyl (C=O) groups is 2. The molecule has 1 aromatic carbocycles. The van der Waals surface area contributed by atoms with Crippen molar-refractivity contribution in [2.75, 3.05) is 14.2 Å². The summed E-state index contributed by atoms with van der Waals surface area (Å²) < 4.78 is 11.7. The van der Waals surface area contributed by atoms with Crippen LogP contribution in [0.2, 0.25) is 0 Å². The molecule has 3 aromatic rings. The summed E-state index contributed by atoms with van der Waals surface area (Å²) in [5.41, 5.74) is 3.42. The molecule has 0 unspecified atom stereocenters. The average molecular weight is 326 g/mol. The number of esters is 2. The van der Waals surface area contributed by atoms with Gasteiger partial charge in [0.15, 0.2) is 0 Å². The van der Waals surface area contributed by atoms with Gasteiger partial charge in [-0.3, -0.25) is 0 Å². The molecule has 0 spiro atoms. The lowest BCUT2D eigenvalue weighted by Gasteiger charge is -2.15. The Hall–Kier alpha value is -2.89. The number of hydrogen-bond donors (Lipinski definition) is 0. The summed E-state index contributed by atoms with van der Waals surface area (Å²) in [6, 6.07) is 3.80. The number of benzene rings is 1. The van der Waals surface area contributed by atoms with Gasteiger partial charge in [0.2, 0.25) is 0 Å². The molecular weight excluding hydrogens is 308 g/mol. The molecule has 0 saturated heterocycles. The predicted octanol–water partition coefficient (Wildman–Crippen LogP) is 2.92. The maximum Gasteiger partial charge on any atom is 0.340 e. The lowest BCUT2D eigenvalue weighted by Crippen LogP contribution is -2.16. The Morgan fingerprint density at radius 3 is 2.29 bits per heavy atom. The number of hydrogen-bond acceptors (Lipinski definition) is 5. The fraction of sp³-hybridized carbons (Fsp3) is 0.278. The summed E-state index contributed by atoms with van der Waals surface area (Å²) in [5, 5.41) is 1.82. The first-order chi connectivity index (χ1) is 11.4. The average Bonchev–Trinajstić information content (AvgIpc) is 2.90. The molecule has 0 aliphatic rings. The van der Waals surface area contributed by atoms with Gasteiger partial charge in [0.1, 0.15) is 5.65 Å². The van der Waals surface area contributed by atoms with Crippen molar-refractivity contribution in [1.29, 1.82) is 0 Å². The molecule has 24 heavy (non-hydrogen) atoms. The minimum absolute atomic E-state index is 0.211. The van der Waals surface area contributed by atoms with Gasteiger partial charge in [-0.05, 0) is 37.1 Å². The second-order valence-electron chi connectivity index (χ2n) is 5.64. The third-order valence-electron chi connectivity index (χ3n) is 4.52. The SMILES string of the molecule is COC(=O)c1c(C)c(C)c2c3cccnc3n(C)c2c1C(=O)OC. The monoisotopic (exact) mass is 326 g/mol. The second-order valence-corrected chi connectivity index (χ2v) is 5.64. The van der Waals surface area contributed by atoms with E-state index in [1.54, 1.807) is 6.20 Å². The first-order valence-electron chi connectivity index (χ1n) is 7.46. The van der Waals surface area contributed by atoms with Gasteiger partial charge >= 0.3 is 11.9 Å². The summed E-state index contributed by atoms with van der Waals surface area (Å²) in [4.78, 5) is 29.2. The molecule has 0 atom stereocenters. The van der Waals surface area contributed by atoms with Crippen LogP contribution in [0.4, 0.5) is 0 Å². The number of pyridine rings is 1. The topological polar surface area (TPSA) is 70.4 Å². The van der Waals surface area contributed by atoms with Crippen molar-refractivity contribution in [3.63, 3.8) is 0 Å². The summed E-state index contributed by atoms with van der Waals surface area (Å²) in [6.07, 6.45) is 1.70. The van der Waals surface area contributed by atoms with E-state index in [-0.39, 0.29) is 11.1 Å². The number of aryl methyl sites for hydroxylation is 2. The zero-order valence-electron chi connectivity index (χ0n) is 14.3. The molecular formula is C18H18N2O4. The van der Waals surface area contributed by atoms with Crippen LogP contribution < -0.4 is 0 Å². The van der Waals surface area contributed by atoms with Crippen LogP contribution >= 0.6 is 0 Å². The Kier molecular flexibility index (Phi) is 3.75. The van der Waals surface area contributed by atoms with Gasteiger partial charge in [-0.25, -0.2) is 14.6 Å². The second kappa shape index (κ2) is 5.63. The van der Waals surface area contributed by atoms with Crippen LogP contribution in [0.1, 0.15) is 31.8 Å². The standard InChI is InChI=1S/C18H18N2O4/c1-9-10(2)13(17(21)23-4)14(18(22)24-5)15-12(9)11-7-6-8-19-16(11)20(15)3/h6-8H,1-5H3. The normalized spacial score (nSPS) is 11.0. The molecule has 0 aliphatic heterocycles. The molecule has 0 radical (unpaired) electrons. The number of nitrogens with zero attached hydrogens (tertiary/aromatic N) is 2. The molecule has 6 heteroatoms. The van der Waals surface area contributed by atoms with Crippen LogP contribution in [0.5, 0.6) is 0 Å². The van der Waals surface area contributed by atoms with E-state index in [9.17, 15) is 9.59 Å². The summed E-state index contributed by atoms with van der Waals surface area (Å²) in [6.45, 7) is 3.74. The molecule has 0 aliphatic carbocycles. The molecule has 0 amide bonds. The van der Waals surface area contributed by atoms with Crippen LogP contribution in [-0.4, -0.2) is 35.7 Å². The number of rotatable bonds is 2. The van der Waals surface area contributed by atoms with E-state index in [0.717, 1.165) is 22.0 Å². The Bertz CT molecular complexity index is 1000. The fourth-order valence-electron chi connectivity index (χ4n) is 3.27. The molecule has 0 N–H and O–H groups in total. The zero-order valence-corrected chi connectivity index (χ0v) is 14.3. The number of fused-ring (bicyclic) bond motifs is 3. The summed E-state index contributed by atoms with van der Waals surface area (Å²) in [5.74, 6) is -1.13. The van der Waals surface area contributed by atoms with Gasteiger partial charge in [0.25, 0.3) is 0 Å². The molecule has 0 bridgehead atoms. The van der Waals surface area contributed by atoms with Gasteiger partial charge in [0, 0.05) is 24.0 Å². The quantitative estimate of drug-likeness (QED) is 0.677. The number of ether oxygens (including phenoxy) is 2. The first-order valence-corrected chi connectivity index (χ1v) is 7.46. The van der Waals surface area contributed by atoms with Crippen molar-refractivity contribution in [3.8, 4) is 0 Å². The van der Waals surface area contributed by atoms with Crippen LogP contribution in [-0.2, 0) is 16.5 Å². The van der Waals surface area contributed by atoms with E-state index in [1.165, 1.54) is 14.2 Å². The summed E-state index contributed by atoms with van der Waals surface area (Å²) in [7, 11) is 4.41. The Morgan fingerprint density at radius 2 is 1.67 bits per heavy atom. The largest absolute Gasteiger partial charge is 0.465 e. The highest BCUT2D eigenvalue weighted by atomic mass is 16.5. The lowest BCUT2D eigenvalue weighted by atomic mass is 9.92. The van der Waals surface area contributed by atoms with Crippen molar-refractivity contribution < 1.29 is 19.1 Å². The van der Waals surface area contributed by atoms with E-state index in [1.807, 2.05) is 37.6 Å². The molecule has 0 fully saturated rings. The Morgan fingerprint density at radius 1 is 1.04 bits per heavy atom. The first kappa shape index (κ1) is 16.0. The van der Waals surface area contributed by atoms with E-state index >= 15 is 0 Å². The van der Waals surface area contributed by atoms with Gasteiger partial charge < -0.3 is 14.0 Å². The molecule has 2 aromatic heterocycles. The van der Waals surface area contributed by atoms with Crippen molar-refractivity contribution >= 4 is 33.9 Å². The zero-order chi connectivity index (χ0) is 17.6. The molecule has 3 rings (SSSR count). The maximum atomic E-state index is 12.5. The molecule has 0 saturated carbocycles. The highest BCUT2D eigenvalue weighted by Gasteiger charge is 2.29. The van der Waals surface area contributed by atoms with Crippen molar-refractivity contribution in [1.82, 2.24) is 9.55 Å². The van der Waals surface area contributed by atoms with Crippen LogP contribution in [0.15, 0.2) is 18.3 Å². The van der Waals surface area contributed by atoms with Crippen molar-refractivity contribution in [2.45, 2.75) is 13.8 Å². The van der Waals surface area contributed by atoms with Crippen LogP contribution in [0, 0.1) is 13.8 Å². The summed E-state index contributed by atoms with van der Waals surface area (Å²) >= 11 is 0. The van der Waals surface area contributed by atoms with Gasteiger partial charge in [-0.1, -0.05) is 0 Å². The van der Waals surface area contributed by atoms with Gasteiger partial charge in [-0.2, -0.15) is 0 Å². The third kappa shape index (κ3) is 1.99. The van der Waals surface area contributed by atoms with Crippen molar-refractivity contribution in [3.05, 3.63) is 40.6 Å². The Labute approximate surface area is 139 Å². The number of methoxy groups -OCH3 is 2. The number of aromatic nitrogens is 2. The van der Waals surface area contributed by atoms with Crippen molar-refractivity contribution in [2.24, 2.45) is 7.05 Å². The fourth-order valence-corrected chi connectivity index (χ4v) is 3.27. The highest BCUT2D eigenvalue weighted by molar-refractivity contribution is 6.20. The van der Waals surface area contributed by atoms with Gasteiger partial charge in [-0.15, -0.1) is 0 Å². The highest BCUT2D eigenvalue weighted by Crippen LogP contribution is 2.36. The predicted molar refractivity (Wildman–Crippen MR) is 90.4 cm³/mol. The number of carbonyl (C=O) groups excluding carboxylic acids is 2. The maximum absolute atomic E-state index is 12.5. The van der Waals surface area contributed by atoms with E-state index < -0.39 is 11.9 Å². The Balaban J connectivity index is 2.66. The molecule has 2 heterocycles. The van der Waals surface area contributed by atoms with Crippen LogP contribution in [0.3, 0.4) is 0 Å². The minimum Gasteiger partial charge on any atom is -0.465 e. The molecule has 124 valence electrons. The smallest absolute Gasteiger partial charge is 0.340 e. The van der Waals surface area contributed by atoms with E-state index in [2.05, 4.69) is 4.98 Å². The van der Waals surface area contributed by atoms with E-state index in [4.69, 9.17) is 9.47 Å². The molecule has 6 nitrogen and oxygen atoms in total. The van der Waals surface area contributed by atoms with Gasteiger partial charge in [0.05, 0.1) is 30.9 Å². The third-order valence-corrected chi connectivity index (χ3v) is 4.52.